The summed E-state index contributed by atoms with van der Waals surface area (Å²) in [6.45, 7) is -0.233. The topological polar surface area (TPSA) is 100 Å². The van der Waals surface area contributed by atoms with Gasteiger partial charge in [0, 0.05) is 0 Å². The van der Waals surface area contributed by atoms with Crippen LogP contribution in [0.1, 0.15) is 5.56 Å². The molecule has 1 aromatic heterocycles. The molecule has 9 heteroatoms. The molecule has 0 amide bonds. The van der Waals surface area contributed by atoms with E-state index in [0.29, 0.717) is 10.9 Å². The van der Waals surface area contributed by atoms with Gasteiger partial charge >= 0.3 is 0 Å². The number of nitro benzene ring substituents is 1. The predicted octanol–water partition coefficient (Wildman–Crippen LogP) is 1.90. The van der Waals surface area contributed by atoms with Gasteiger partial charge < -0.3 is 4.74 Å². The van der Waals surface area contributed by atoms with E-state index < -0.39 is 22.0 Å². The molecule has 3 aromatic rings. The average Bonchev–Trinajstić information content (AvgIpc) is 2.58. The highest BCUT2D eigenvalue weighted by Gasteiger charge is 2.20. The molecule has 0 N–H and O–H groups in total. The third-order valence-corrected chi connectivity index (χ3v) is 3.50. The number of halogens is 1. The van der Waals surface area contributed by atoms with Crippen molar-refractivity contribution in [2.45, 2.75) is 6.54 Å². The number of ether oxygens (including phenoxy) is 1. The summed E-state index contributed by atoms with van der Waals surface area (Å²) >= 11 is 0. The summed E-state index contributed by atoms with van der Waals surface area (Å²) in [4.78, 5) is 22.8. The first-order chi connectivity index (χ1) is 11.5. The summed E-state index contributed by atoms with van der Waals surface area (Å²) < 4.78 is 19.5. The second-order valence-electron chi connectivity index (χ2n) is 4.94. The summed E-state index contributed by atoms with van der Waals surface area (Å²) in [6, 6.07) is 8.56. The average molecular weight is 330 g/mol. The largest absolute Gasteiger partial charge is 0.494 e. The Morgan fingerprint density at radius 2 is 2.08 bits per heavy atom. The van der Waals surface area contributed by atoms with Gasteiger partial charge in [0.15, 0.2) is 11.6 Å². The number of methoxy groups -OCH3 is 1. The van der Waals surface area contributed by atoms with Crippen molar-refractivity contribution in [2.75, 3.05) is 7.11 Å². The molecule has 0 aliphatic heterocycles. The van der Waals surface area contributed by atoms with Crippen LogP contribution in [0.5, 0.6) is 5.75 Å². The molecule has 24 heavy (non-hydrogen) atoms. The molecule has 0 unspecified atom stereocenters. The molecule has 0 aliphatic rings. The molecule has 2 aromatic carbocycles. The smallest absolute Gasteiger partial charge is 0.277 e. The van der Waals surface area contributed by atoms with Crippen LogP contribution >= 0.6 is 0 Å². The number of benzene rings is 2. The summed E-state index contributed by atoms with van der Waals surface area (Å²) in [5.74, 6) is -1.01. The second-order valence-corrected chi connectivity index (χ2v) is 4.94. The van der Waals surface area contributed by atoms with Gasteiger partial charge in [0.05, 0.1) is 35.6 Å². The maximum absolute atomic E-state index is 13.7. The molecule has 1 heterocycles. The zero-order valence-electron chi connectivity index (χ0n) is 12.5. The highest BCUT2D eigenvalue weighted by atomic mass is 19.1. The fourth-order valence-electron chi connectivity index (χ4n) is 2.33. The Morgan fingerprint density at radius 1 is 1.33 bits per heavy atom. The summed E-state index contributed by atoms with van der Waals surface area (Å²) in [5.41, 5.74) is -0.400. The van der Waals surface area contributed by atoms with E-state index in [-0.39, 0.29) is 17.9 Å². The van der Waals surface area contributed by atoms with E-state index in [1.807, 2.05) is 0 Å². The number of nitro groups is 1. The van der Waals surface area contributed by atoms with E-state index in [1.165, 1.54) is 13.2 Å². The molecule has 3 rings (SSSR count). The van der Waals surface area contributed by atoms with Crippen molar-refractivity contribution < 1.29 is 14.1 Å². The van der Waals surface area contributed by atoms with Crippen LogP contribution in [-0.4, -0.2) is 27.0 Å². The van der Waals surface area contributed by atoms with E-state index >= 15 is 0 Å². The van der Waals surface area contributed by atoms with Crippen molar-refractivity contribution in [1.82, 2.24) is 15.0 Å². The third-order valence-electron chi connectivity index (χ3n) is 3.50. The van der Waals surface area contributed by atoms with E-state index in [0.717, 1.165) is 10.7 Å². The standard InChI is InChI=1S/C15H11FN4O4/c1-24-14-6-9(13(20(22)23)7-11(14)16)8-19-15(21)10-4-2-3-5-12(10)17-18-19/h2-7H,8H2,1H3. The fourth-order valence-corrected chi connectivity index (χ4v) is 2.33. The van der Waals surface area contributed by atoms with Crippen molar-refractivity contribution in [3.63, 3.8) is 0 Å². The van der Waals surface area contributed by atoms with Crippen molar-refractivity contribution in [1.29, 1.82) is 0 Å². The molecular weight excluding hydrogens is 319 g/mol. The number of hydrogen-bond acceptors (Lipinski definition) is 6. The quantitative estimate of drug-likeness (QED) is 0.535. The van der Waals surface area contributed by atoms with Crippen LogP contribution in [0.25, 0.3) is 10.9 Å². The van der Waals surface area contributed by atoms with Crippen molar-refractivity contribution in [3.05, 3.63) is 68.2 Å². The zero-order chi connectivity index (χ0) is 17.3. The Hall–Kier alpha value is -3.36. The van der Waals surface area contributed by atoms with E-state index in [4.69, 9.17) is 4.74 Å². The van der Waals surface area contributed by atoms with Crippen LogP contribution in [0.4, 0.5) is 10.1 Å². The lowest BCUT2D eigenvalue weighted by atomic mass is 10.1. The minimum Gasteiger partial charge on any atom is -0.494 e. The molecule has 0 fully saturated rings. The molecule has 122 valence electrons. The lowest BCUT2D eigenvalue weighted by Gasteiger charge is -2.08. The monoisotopic (exact) mass is 330 g/mol. The maximum Gasteiger partial charge on any atom is 0.277 e. The minimum atomic E-state index is -0.857. The molecule has 0 atom stereocenters. The second kappa shape index (κ2) is 6.03. The highest BCUT2D eigenvalue weighted by molar-refractivity contribution is 5.76. The number of hydrogen-bond donors (Lipinski definition) is 0. The molecule has 0 spiro atoms. The Kier molecular flexibility index (Phi) is 3.90. The van der Waals surface area contributed by atoms with Gasteiger partial charge in [-0.3, -0.25) is 14.9 Å². The van der Waals surface area contributed by atoms with Gasteiger partial charge in [0.25, 0.3) is 11.2 Å². The number of nitrogens with zero attached hydrogens (tertiary/aromatic N) is 4. The van der Waals surface area contributed by atoms with Gasteiger partial charge in [0.2, 0.25) is 0 Å². The molecule has 0 saturated heterocycles. The van der Waals surface area contributed by atoms with Crippen LogP contribution in [0.2, 0.25) is 0 Å². The first kappa shape index (κ1) is 15.5. The Morgan fingerprint density at radius 3 is 2.79 bits per heavy atom. The number of aromatic nitrogens is 3. The van der Waals surface area contributed by atoms with Gasteiger partial charge in [-0.2, -0.15) is 0 Å². The first-order valence-corrected chi connectivity index (χ1v) is 6.84. The lowest BCUT2D eigenvalue weighted by molar-refractivity contribution is -0.385. The zero-order valence-corrected chi connectivity index (χ0v) is 12.5. The van der Waals surface area contributed by atoms with Gasteiger partial charge in [-0.1, -0.05) is 17.3 Å². The van der Waals surface area contributed by atoms with Crippen LogP contribution in [0.3, 0.4) is 0 Å². The Balaban J connectivity index is 2.13. The van der Waals surface area contributed by atoms with Crippen LogP contribution in [-0.2, 0) is 6.54 Å². The van der Waals surface area contributed by atoms with E-state index in [1.54, 1.807) is 24.3 Å². The van der Waals surface area contributed by atoms with Gasteiger partial charge in [0.1, 0.15) is 5.52 Å². The van der Waals surface area contributed by atoms with Crippen molar-refractivity contribution in [3.8, 4) is 5.75 Å². The third kappa shape index (κ3) is 2.67. The van der Waals surface area contributed by atoms with Crippen molar-refractivity contribution in [2.24, 2.45) is 0 Å². The van der Waals surface area contributed by atoms with E-state index in [2.05, 4.69) is 10.3 Å². The maximum atomic E-state index is 13.7. The van der Waals surface area contributed by atoms with Gasteiger partial charge in [-0.25, -0.2) is 9.07 Å². The molecule has 0 aliphatic carbocycles. The minimum absolute atomic E-state index is 0.0879. The predicted molar refractivity (Wildman–Crippen MR) is 82.5 cm³/mol. The number of fused-ring (bicyclic) bond motifs is 1. The van der Waals surface area contributed by atoms with Gasteiger partial charge in [-0.05, 0) is 18.2 Å². The molecule has 8 nitrogen and oxygen atoms in total. The highest BCUT2D eigenvalue weighted by Crippen LogP contribution is 2.27. The SMILES string of the molecule is COc1cc(Cn2nnc3ccccc3c2=O)c([N+](=O)[O-])cc1F. The molecule has 0 saturated carbocycles. The Bertz CT molecular complexity index is 1000. The molecule has 0 radical (unpaired) electrons. The van der Waals surface area contributed by atoms with Crippen LogP contribution in [0.15, 0.2) is 41.2 Å². The molecule has 0 bridgehead atoms. The van der Waals surface area contributed by atoms with Crippen molar-refractivity contribution >= 4 is 16.6 Å². The lowest BCUT2D eigenvalue weighted by Crippen LogP contribution is -2.25. The van der Waals surface area contributed by atoms with Gasteiger partial charge in [-0.15, -0.1) is 5.10 Å². The normalized spacial score (nSPS) is 10.8. The summed E-state index contributed by atoms with van der Waals surface area (Å²) in [7, 11) is 1.25. The van der Waals surface area contributed by atoms with Crippen LogP contribution in [0, 0.1) is 15.9 Å². The Labute approximate surface area is 134 Å². The van der Waals surface area contributed by atoms with Crippen LogP contribution < -0.4 is 10.3 Å². The summed E-state index contributed by atoms with van der Waals surface area (Å²) in [5, 5.41) is 19.2. The first-order valence-electron chi connectivity index (χ1n) is 6.84. The number of rotatable bonds is 4. The fraction of sp³-hybridized carbons (Fsp3) is 0.133. The summed E-state index contributed by atoms with van der Waals surface area (Å²) in [6.07, 6.45) is 0. The molecular formula is C15H11FN4O4. The van der Waals surface area contributed by atoms with E-state index in [9.17, 15) is 19.3 Å².